The number of carbonyl (C=O) groups is 2. The summed E-state index contributed by atoms with van der Waals surface area (Å²) in [5.74, 6) is 1.79. The molecule has 1 unspecified atom stereocenters. The lowest BCUT2D eigenvalue weighted by atomic mass is 9.91. The van der Waals surface area contributed by atoms with Gasteiger partial charge in [-0.1, -0.05) is 84.9 Å². The van der Waals surface area contributed by atoms with E-state index in [1.807, 2.05) is 39.5 Å². The second-order valence-electron chi connectivity index (χ2n) is 11.2. The van der Waals surface area contributed by atoms with Crippen molar-refractivity contribution < 1.29 is 14.3 Å². The van der Waals surface area contributed by atoms with Crippen LogP contribution in [0.1, 0.15) is 118 Å². The van der Waals surface area contributed by atoms with Gasteiger partial charge in [-0.25, -0.2) is 0 Å². The lowest BCUT2D eigenvalue weighted by Crippen LogP contribution is -2.39. The molecule has 0 spiro atoms. The molecule has 2 heterocycles. The third-order valence-corrected chi connectivity index (χ3v) is 6.55. The Morgan fingerprint density at radius 2 is 1.75 bits per heavy atom. The van der Waals surface area contributed by atoms with E-state index in [0.717, 1.165) is 25.3 Å². The fourth-order valence-corrected chi connectivity index (χ4v) is 4.84. The Labute approximate surface area is 220 Å². The third-order valence-electron chi connectivity index (χ3n) is 6.55. The van der Waals surface area contributed by atoms with Gasteiger partial charge in [0.05, 0.1) is 6.04 Å². The van der Waals surface area contributed by atoms with Crippen molar-refractivity contribution >= 4 is 23.3 Å². The van der Waals surface area contributed by atoms with Gasteiger partial charge in [-0.15, -0.1) is 0 Å². The Morgan fingerprint density at radius 3 is 2.19 bits per heavy atom. The highest BCUT2D eigenvalue weighted by atomic mass is 16.5. The van der Waals surface area contributed by atoms with Crippen LogP contribution in [0.15, 0.2) is 24.3 Å². The van der Waals surface area contributed by atoms with Crippen molar-refractivity contribution in [2.45, 2.75) is 119 Å². The molecule has 1 N–H and O–H groups in total. The number of rotatable bonds is 3. The van der Waals surface area contributed by atoms with Crippen LogP contribution >= 0.6 is 0 Å². The highest BCUT2D eigenvalue weighted by molar-refractivity contribution is 5.86. The molecule has 1 fully saturated rings. The summed E-state index contributed by atoms with van der Waals surface area (Å²) in [5.41, 5.74) is 3.53. The van der Waals surface area contributed by atoms with Gasteiger partial charge in [0.15, 0.2) is 0 Å². The summed E-state index contributed by atoms with van der Waals surface area (Å²) in [5, 5.41) is 1.32. The first kappa shape index (κ1) is 31.7. The zero-order valence-electron chi connectivity index (χ0n) is 24.4. The Hall–Kier alpha value is -2.30. The van der Waals surface area contributed by atoms with Crippen LogP contribution in [-0.4, -0.2) is 34.4 Å². The number of hydrogen-bond donors (Lipinski definition) is 1. The molecule has 1 aliphatic carbocycles. The van der Waals surface area contributed by atoms with Crippen molar-refractivity contribution in [3.8, 4) is 0 Å². The number of aromatic nitrogens is 1. The maximum atomic E-state index is 11.9. The van der Waals surface area contributed by atoms with Crippen LogP contribution in [0.5, 0.6) is 0 Å². The summed E-state index contributed by atoms with van der Waals surface area (Å²) in [6.45, 7) is 19.2. The summed E-state index contributed by atoms with van der Waals surface area (Å²) < 4.78 is 4.55. The molecule has 0 bridgehead atoms. The molecule has 1 saturated carbocycles. The van der Waals surface area contributed by atoms with E-state index in [1.54, 1.807) is 6.92 Å². The first-order chi connectivity index (χ1) is 17.0. The molecule has 36 heavy (non-hydrogen) atoms. The van der Waals surface area contributed by atoms with E-state index >= 15 is 0 Å². The number of hydrogen-bond acceptors (Lipinski definition) is 3. The normalized spacial score (nSPS) is 17.5. The zero-order valence-corrected chi connectivity index (χ0v) is 24.4. The summed E-state index contributed by atoms with van der Waals surface area (Å²) >= 11 is 0. The molecule has 1 aliphatic heterocycles. The van der Waals surface area contributed by atoms with E-state index in [0.29, 0.717) is 12.4 Å². The largest absolute Gasteiger partial charge is 0.462 e. The predicted molar refractivity (Wildman–Crippen MR) is 152 cm³/mol. The maximum absolute atomic E-state index is 11.9. The van der Waals surface area contributed by atoms with Crippen LogP contribution in [0, 0.1) is 11.8 Å². The molecular formula is C31H52N2O3. The monoisotopic (exact) mass is 500 g/mol. The minimum Gasteiger partial charge on any atom is -0.462 e. The number of ether oxygens (including phenoxy) is 1. The lowest BCUT2D eigenvalue weighted by molar-refractivity contribution is -0.138. The second-order valence-corrected chi connectivity index (χ2v) is 11.2. The molecule has 2 aliphatic rings. The molecule has 2 aromatic rings. The number of benzene rings is 1. The van der Waals surface area contributed by atoms with Gasteiger partial charge in [-0.3, -0.25) is 9.59 Å². The molecule has 0 saturated heterocycles. The number of H-pyrrole nitrogens is 1. The van der Waals surface area contributed by atoms with E-state index in [9.17, 15) is 9.59 Å². The van der Waals surface area contributed by atoms with Gasteiger partial charge >= 0.3 is 0 Å². The van der Waals surface area contributed by atoms with Crippen LogP contribution in [0.4, 0.5) is 0 Å². The second kappa shape index (κ2) is 15.7. The first-order valence-electron chi connectivity index (χ1n) is 14.0. The average molecular weight is 501 g/mol. The van der Waals surface area contributed by atoms with Gasteiger partial charge in [0.1, 0.15) is 5.60 Å². The average Bonchev–Trinajstić information content (AvgIpc) is 3.20. The van der Waals surface area contributed by atoms with Crippen molar-refractivity contribution in [1.29, 1.82) is 0 Å². The van der Waals surface area contributed by atoms with Crippen LogP contribution < -0.4 is 0 Å². The summed E-state index contributed by atoms with van der Waals surface area (Å²) in [4.78, 5) is 27.1. The van der Waals surface area contributed by atoms with Crippen LogP contribution in [0.25, 0.3) is 10.9 Å². The van der Waals surface area contributed by atoms with Crippen molar-refractivity contribution in [2.24, 2.45) is 11.8 Å². The molecule has 1 aromatic heterocycles. The number of fused-ring (bicyclic) bond motifs is 3. The van der Waals surface area contributed by atoms with Gasteiger partial charge in [0.25, 0.3) is 6.47 Å². The van der Waals surface area contributed by atoms with E-state index < -0.39 is 0 Å². The fraction of sp³-hybridized carbons (Fsp3) is 0.677. The van der Waals surface area contributed by atoms with Crippen molar-refractivity contribution in [3.63, 3.8) is 0 Å². The Morgan fingerprint density at radius 1 is 1.14 bits per heavy atom. The molecule has 1 aromatic carbocycles. The van der Waals surface area contributed by atoms with Crippen LogP contribution in [0.3, 0.4) is 0 Å². The Bertz CT molecular complexity index is 904. The molecular weight excluding hydrogens is 448 g/mol. The van der Waals surface area contributed by atoms with Crippen molar-refractivity contribution in [1.82, 2.24) is 9.88 Å². The quantitative estimate of drug-likeness (QED) is 0.432. The van der Waals surface area contributed by atoms with Crippen LogP contribution in [-0.2, 0) is 20.7 Å². The van der Waals surface area contributed by atoms with Crippen LogP contribution in [0.2, 0.25) is 0 Å². The van der Waals surface area contributed by atoms with E-state index in [-0.39, 0.29) is 17.6 Å². The van der Waals surface area contributed by atoms with Gasteiger partial charge in [0, 0.05) is 30.1 Å². The number of aromatic amines is 1. The van der Waals surface area contributed by atoms with Gasteiger partial charge in [-0.05, 0) is 57.1 Å². The standard InChI is InChI=1S/C17H22N2O.C7H14.C5H10O2.C2H6/c1-11(2)10-16-17-14(8-9-19(16)12(3)20)13-6-4-5-7-15(13)18-17;1-7-5-3-2-4-6-7;1-5(2,3)7-4-6;1-2/h4-7,11,16,18H,8-10H2,1-3H3;7H,2-6H2,1H3;4H,1-3H3;1-2H3. The summed E-state index contributed by atoms with van der Waals surface area (Å²) in [6.07, 6.45) is 9.40. The molecule has 5 nitrogen and oxygen atoms in total. The van der Waals surface area contributed by atoms with E-state index in [4.69, 9.17) is 0 Å². The molecule has 5 heteroatoms. The number of amides is 1. The first-order valence-corrected chi connectivity index (χ1v) is 14.0. The minimum atomic E-state index is -0.318. The van der Waals surface area contributed by atoms with Gasteiger partial charge < -0.3 is 14.6 Å². The fourth-order valence-electron chi connectivity index (χ4n) is 4.84. The minimum absolute atomic E-state index is 0.181. The molecule has 204 valence electrons. The van der Waals surface area contributed by atoms with Crippen molar-refractivity contribution in [2.75, 3.05) is 6.54 Å². The predicted octanol–water partition coefficient (Wildman–Crippen LogP) is 8.23. The highest BCUT2D eigenvalue weighted by Crippen LogP contribution is 2.37. The van der Waals surface area contributed by atoms with E-state index in [2.05, 4.69) is 54.8 Å². The topological polar surface area (TPSA) is 62.4 Å². The van der Waals surface area contributed by atoms with Crippen molar-refractivity contribution in [3.05, 3.63) is 35.5 Å². The number of nitrogens with zero attached hydrogens (tertiary/aromatic N) is 1. The Balaban J connectivity index is 0.000000333. The molecule has 1 amide bonds. The van der Waals surface area contributed by atoms with E-state index in [1.165, 1.54) is 54.3 Å². The third kappa shape index (κ3) is 10.4. The molecule has 1 atom stereocenters. The highest BCUT2D eigenvalue weighted by Gasteiger charge is 2.32. The van der Waals surface area contributed by atoms with Gasteiger partial charge in [0.2, 0.25) is 5.91 Å². The molecule has 4 rings (SSSR count). The molecule has 0 radical (unpaired) electrons. The summed E-state index contributed by atoms with van der Waals surface area (Å²) in [6, 6.07) is 8.65. The number of nitrogens with one attached hydrogen (secondary N) is 1. The SMILES string of the molecule is CC.CC(=O)N1CCc2c([nH]c3ccccc23)C1CC(C)C.CC(C)(C)OC=O.CC1CCCCC1. The number of para-hydroxylation sites is 1. The summed E-state index contributed by atoms with van der Waals surface area (Å²) in [7, 11) is 0. The smallest absolute Gasteiger partial charge is 0.293 e. The maximum Gasteiger partial charge on any atom is 0.293 e. The van der Waals surface area contributed by atoms with Gasteiger partial charge in [-0.2, -0.15) is 0 Å². The lowest BCUT2D eigenvalue weighted by Gasteiger charge is -2.36. The number of carbonyl (C=O) groups excluding carboxylic acids is 2. The Kier molecular flexibility index (Phi) is 13.9. The zero-order chi connectivity index (χ0) is 27.3.